The van der Waals surface area contributed by atoms with E-state index in [4.69, 9.17) is 37.1 Å². The molecule has 0 unspecified atom stereocenters. The maximum atomic E-state index is 12.4. The summed E-state index contributed by atoms with van der Waals surface area (Å²) in [6.45, 7) is 0. The van der Waals surface area contributed by atoms with Crippen LogP contribution in [0.2, 0.25) is 10.0 Å². The van der Waals surface area contributed by atoms with Crippen molar-refractivity contribution in [3.05, 3.63) is 51.7 Å². The molecule has 0 bridgehead atoms. The molecule has 2 heterocycles. The Kier molecular flexibility index (Phi) is 4.74. The van der Waals surface area contributed by atoms with E-state index >= 15 is 0 Å². The van der Waals surface area contributed by atoms with Gasteiger partial charge in [-0.1, -0.05) is 29.6 Å². The molecule has 140 valence electrons. The van der Waals surface area contributed by atoms with Gasteiger partial charge < -0.3 is 13.9 Å². The highest BCUT2D eigenvalue weighted by molar-refractivity contribution is 6.35. The second-order valence-electron chi connectivity index (χ2n) is 6.63. The van der Waals surface area contributed by atoms with Gasteiger partial charge in [-0.25, -0.2) is 9.59 Å². The minimum Gasteiger partial charge on any atom is -0.457 e. The third-order valence-corrected chi connectivity index (χ3v) is 5.28. The van der Waals surface area contributed by atoms with Crippen molar-refractivity contribution in [2.45, 2.75) is 37.9 Å². The van der Waals surface area contributed by atoms with Crippen molar-refractivity contribution >= 4 is 41.2 Å². The summed E-state index contributed by atoms with van der Waals surface area (Å²) in [4.78, 5) is 24.8. The first-order chi connectivity index (χ1) is 13.0. The van der Waals surface area contributed by atoms with Crippen molar-refractivity contribution in [3.8, 4) is 11.3 Å². The Morgan fingerprint density at radius 2 is 1.63 bits per heavy atom. The van der Waals surface area contributed by atoms with Gasteiger partial charge in [-0.15, -0.1) is 0 Å². The van der Waals surface area contributed by atoms with Gasteiger partial charge in [0.15, 0.2) is 0 Å². The van der Waals surface area contributed by atoms with E-state index in [0.29, 0.717) is 40.0 Å². The predicted molar refractivity (Wildman–Crippen MR) is 100 cm³/mol. The van der Waals surface area contributed by atoms with Gasteiger partial charge in [0.1, 0.15) is 17.1 Å². The Morgan fingerprint density at radius 3 is 2.33 bits per heavy atom. The van der Waals surface area contributed by atoms with E-state index in [2.05, 4.69) is 0 Å². The molecule has 1 saturated carbocycles. The molecule has 1 aliphatic heterocycles. The number of hydrogen-bond acceptors (Lipinski definition) is 5. The summed E-state index contributed by atoms with van der Waals surface area (Å²) in [6, 6.07) is 8.33. The molecule has 1 aromatic carbocycles. The summed E-state index contributed by atoms with van der Waals surface area (Å²) < 4.78 is 16.6. The first-order valence-electron chi connectivity index (χ1n) is 8.69. The summed E-state index contributed by atoms with van der Waals surface area (Å²) in [5, 5.41) is 0.992. The molecule has 27 heavy (non-hydrogen) atoms. The number of carbonyl (C=O) groups is 2. The third kappa shape index (κ3) is 3.62. The number of hydrogen-bond donors (Lipinski definition) is 0. The smallest absolute Gasteiger partial charge is 0.349 e. The fraction of sp³-hybridized carbons (Fsp3) is 0.300. The van der Waals surface area contributed by atoms with Crippen molar-refractivity contribution in [1.29, 1.82) is 0 Å². The first kappa shape index (κ1) is 18.1. The van der Waals surface area contributed by atoms with Crippen LogP contribution in [-0.4, -0.2) is 17.7 Å². The van der Waals surface area contributed by atoms with E-state index in [9.17, 15) is 9.59 Å². The van der Waals surface area contributed by atoms with Crippen LogP contribution in [0.3, 0.4) is 0 Å². The van der Waals surface area contributed by atoms with Crippen LogP contribution in [0.5, 0.6) is 0 Å². The van der Waals surface area contributed by atoms with Crippen LogP contribution in [0.4, 0.5) is 0 Å². The van der Waals surface area contributed by atoms with Crippen LogP contribution in [0.1, 0.15) is 37.9 Å². The minimum absolute atomic E-state index is 0.190. The lowest BCUT2D eigenvalue weighted by atomic mass is 9.93. The van der Waals surface area contributed by atoms with Gasteiger partial charge in [0.25, 0.3) is 5.79 Å². The van der Waals surface area contributed by atoms with E-state index in [1.54, 1.807) is 30.3 Å². The quantitative estimate of drug-likeness (QED) is 0.379. The molecule has 4 rings (SSSR count). The predicted octanol–water partition coefficient (Wildman–Crippen LogP) is 5.40. The zero-order chi connectivity index (χ0) is 19.0. The molecule has 0 radical (unpaired) electrons. The van der Waals surface area contributed by atoms with E-state index in [1.165, 1.54) is 6.08 Å². The molecule has 7 heteroatoms. The molecule has 2 aromatic rings. The van der Waals surface area contributed by atoms with Crippen LogP contribution < -0.4 is 0 Å². The SMILES string of the molecule is O=C1OC2(CCCCC2)OC(=O)C1=Cc1ccc(-c2cc(Cl)ccc2Cl)o1. The minimum atomic E-state index is -1.10. The van der Waals surface area contributed by atoms with Gasteiger partial charge in [0.2, 0.25) is 0 Å². The van der Waals surface area contributed by atoms with Crippen LogP contribution in [0.15, 0.2) is 40.3 Å². The molecular weight excluding hydrogens is 391 g/mol. The molecule has 1 spiro atoms. The lowest BCUT2D eigenvalue weighted by molar-refractivity contribution is -0.244. The molecule has 2 fully saturated rings. The number of furan rings is 1. The monoisotopic (exact) mass is 406 g/mol. The number of ether oxygens (including phenoxy) is 2. The van der Waals surface area contributed by atoms with Crippen molar-refractivity contribution < 1.29 is 23.5 Å². The zero-order valence-corrected chi connectivity index (χ0v) is 15.8. The van der Waals surface area contributed by atoms with Crippen LogP contribution in [0, 0.1) is 0 Å². The topological polar surface area (TPSA) is 65.7 Å². The zero-order valence-electron chi connectivity index (χ0n) is 14.3. The van der Waals surface area contributed by atoms with E-state index in [0.717, 1.165) is 19.3 Å². The van der Waals surface area contributed by atoms with Crippen molar-refractivity contribution in [2.24, 2.45) is 0 Å². The molecule has 0 amide bonds. The molecule has 1 aliphatic carbocycles. The Labute approximate surface area is 165 Å². The largest absolute Gasteiger partial charge is 0.457 e. The number of benzene rings is 1. The molecule has 1 saturated heterocycles. The van der Waals surface area contributed by atoms with Crippen LogP contribution in [-0.2, 0) is 19.1 Å². The van der Waals surface area contributed by atoms with Crippen molar-refractivity contribution in [2.75, 3.05) is 0 Å². The second-order valence-corrected chi connectivity index (χ2v) is 7.48. The first-order valence-corrected chi connectivity index (χ1v) is 9.45. The molecule has 2 aliphatic rings. The van der Waals surface area contributed by atoms with Gasteiger partial charge >= 0.3 is 11.9 Å². The van der Waals surface area contributed by atoms with Gasteiger partial charge in [-0.2, -0.15) is 0 Å². The summed E-state index contributed by atoms with van der Waals surface area (Å²) in [7, 11) is 0. The average Bonchev–Trinajstić information content (AvgIpc) is 3.09. The average molecular weight is 407 g/mol. The second kappa shape index (κ2) is 7.06. The fourth-order valence-electron chi connectivity index (χ4n) is 3.37. The lowest BCUT2D eigenvalue weighted by Crippen LogP contribution is -2.47. The Balaban J connectivity index is 1.59. The van der Waals surface area contributed by atoms with E-state index < -0.39 is 17.7 Å². The molecule has 1 aromatic heterocycles. The third-order valence-electron chi connectivity index (χ3n) is 4.72. The van der Waals surface area contributed by atoms with Crippen LogP contribution >= 0.6 is 23.2 Å². The fourth-order valence-corrected chi connectivity index (χ4v) is 3.75. The lowest BCUT2D eigenvalue weighted by Gasteiger charge is -2.38. The number of rotatable bonds is 2. The highest BCUT2D eigenvalue weighted by Crippen LogP contribution is 2.38. The molecule has 5 nitrogen and oxygen atoms in total. The Bertz CT molecular complexity index is 916. The summed E-state index contributed by atoms with van der Waals surface area (Å²) >= 11 is 12.2. The number of carbonyl (C=O) groups excluding carboxylic acids is 2. The summed E-state index contributed by atoms with van der Waals surface area (Å²) in [5.41, 5.74) is 0.424. The highest BCUT2D eigenvalue weighted by atomic mass is 35.5. The van der Waals surface area contributed by atoms with Gasteiger partial charge in [0, 0.05) is 29.5 Å². The van der Waals surface area contributed by atoms with Gasteiger partial charge in [-0.05, 0) is 43.2 Å². The van der Waals surface area contributed by atoms with E-state index in [1.807, 2.05) is 0 Å². The summed E-state index contributed by atoms with van der Waals surface area (Å²) in [5.74, 6) is -1.70. The van der Waals surface area contributed by atoms with Crippen molar-refractivity contribution in [3.63, 3.8) is 0 Å². The van der Waals surface area contributed by atoms with Gasteiger partial charge in [-0.3, -0.25) is 0 Å². The van der Waals surface area contributed by atoms with Gasteiger partial charge in [0.05, 0.1) is 5.02 Å². The van der Waals surface area contributed by atoms with Crippen LogP contribution in [0.25, 0.3) is 17.4 Å². The van der Waals surface area contributed by atoms with Crippen molar-refractivity contribution in [1.82, 2.24) is 0 Å². The molecule has 0 N–H and O–H groups in total. The molecule has 0 atom stereocenters. The Hall–Kier alpha value is -2.24. The number of halogens is 2. The highest BCUT2D eigenvalue weighted by Gasteiger charge is 2.46. The molecular formula is C20H16Cl2O5. The maximum Gasteiger partial charge on any atom is 0.349 e. The normalized spacial score (nSPS) is 19.0. The van der Waals surface area contributed by atoms with E-state index in [-0.39, 0.29) is 5.57 Å². The standard InChI is InChI=1S/C20H16Cl2O5/c21-12-4-6-16(22)14(10-12)17-7-5-13(25-17)11-15-18(23)26-20(27-19(15)24)8-2-1-3-9-20/h4-7,10-11H,1-3,8-9H2. The maximum absolute atomic E-state index is 12.4. The Morgan fingerprint density at radius 1 is 0.926 bits per heavy atom. The summed E-state index contributed by atoms with van der Waals surface area (Å²) in [6.07, 6.45) is 5.16. The number of esters is 2.